The van der Waals surface area contributed by atoms with Gasteiger partial charge in [-0.05, 0) is 18.6 Å². The van der Waals surface area contributed by atoms with Crippen LogP contribution in [0.2, 0.25) is 0 Å². The van der Waals surface area contributed by atoms with E-state index in [1.165, 1.54) is 23.7 Å². The molecule has 0 aliphatic carbocycles. The maximum absolute atomic E-state index is 11.6. The van der Waals surface area contributed by atoms with Crippen molar-refractivity contribution in [3.63, 3.8) is 0 Å². The quantitative estimate of drug-likeness (QED) is 0.810. The molecule has 1 N–H and O–H groups in total. The number of hydrogen-bond acceptors (Lipinski definition) is 3. The first-order valence-electron chi connectivity index (χ1n) is 5.15. The van der Waals surface area contributed by atoms with E-state index in [-0.39, 0.29) is 18.2 Å². The molecule has 0 aliphatic heterocycles. The number of aryl methyl sites for hydroxylation is 1. The third-order valence-corrected chi connectivity index (χ3v) is 3.40. The number of aliphatic carboxylic acids is 1. The summed E-state index contributed by atoms with van der Waals surface area (Å²) in [4.78, 5) is 24.3. The zero-order chi connectivity index (χ0) is 12.8. The van der Waals surface area contributed by atoms with Gasteiger partial charge in [0.25, 0.3) is 0 Å². The van der Waals surface area contributed by atoms with Crippen molar-refractivity contribution in [2.75, 3.05) is 19.3 Å². The molecule has 0 radical (unpaired) electrons. The average Bonchev–Trinajstić information content (AvgIpc) is 2.26. The van der Waals surface area contributed by atoms with Gasteiger partial charge in [0.15, 0.2) is 0 Å². The van der Waals surface area contributed by atoms with Gasteiger partial charge in [0.05, 0.1) is 5.75 Å². The van der Waals surface area contributed by atoms with E-state index in [4.69, 9.17) is 5.11 Å². The lowest BCUT2D eigenvalue weighted by molar-refractivity contribution is -0.142. The highest BCUT2D eigenvalue weighted by Crippen LogP contribution is 2.21. The van der Waals surface area contributed by atoms with Crippen LogP contribution in [0.25, 0.3) is 0 Å². The molecule has 0 aliphatic rings. The number of carboxylic acids is 1. The first-order chi connectivity index (χ1) is 8.00. The zero-order valence-electron chi connectivity index (χ0n) is 9.84. The number of nitrogens with zero attached hydrogens (tertiary/aromatic N) is 1. The Labute approximate surface area is 105 Å². The molecule has 4 nitrogen and oxygen atoms in total. The normalized spacial score (nSPS) is 10.0. The van der Waals surface area contributed by atoms with Gasteiger partial charge in [-0.1, -0.05) is 18.2 Å². The molecule has 1 aromatic carbocycles. The predicted molar refractivity (Wildman–Crippen MR) is 67.2 cm³/mol. The largest absolute Gasteiger partial charge is 0.480 e. The van der Waals surface area contributed by atoms with Crippen LogP contribution in [-0.4, -0.2) is 41.2 Å². The van der Waals surface area contributed by atoms with Crippen LogP contribution in [0, 0.1) is 6.92 Å². The van der Waals surface area contributed by atoms with Crippen LogP contribution in [0.1, 0.15) is 5.56 Å². The fourth-order valence-electron chi connectivity index (χ4n) is 1.26. The summed E-state index contributed by atoms with van der Waals surface area (Å²) in [5.41, 5.74) is 1.12. The van der Waals surface area contributed by atoms with Gasteiger partial charge in [-0.2, -0.15) is 0 Å². The highest BCUT2D eigenvalue weighted by atomic mass is 32.2. The van der Waals surface area contributed by atoms with E-state index in [9.17, 15) is 9.59 Å². The number of carboxylic acid groups (broad SMARTS) is 1. The lowest BCUT2D eigenvalue weighted by Gasteiger charge is -2.14. The SMILES string of the molecule is Cc1ccccc1SCC(=O)N(C)CC(=O)O. The molecule has 0 spiro atoms. The number of likely N-dealkylation sites (N-methyl/N-ethyl adjacent to an activating group) is 1. The van der Waals surface area contributed by atoms with Gasteiger partial charge >= 0.3 is 5.97 Å². The van der Waals surface area contributed by atoms with Crippen molar-refractivity contribution < 1.29 is 14.7 Å². The number of thioether (sulfide) groups is 1. The van der Waals surface area contributed by atoms with Crippen LogP contribution in [0.5, 0.6) is 0 Å². The summed E-state index contributed by atoms with van der Waals surface area (Å²) in [5.74, 6) is -0.920. The number of hydrogen-bond donors (Lipinski definition) is 1. The maximum atomic E-state index is 11.6. The van der Waals surface area contributed by atoms with Gasteiger partial charge in [0.1, 0.15) is 6.54 Å². The van der Waals surface area contributed by atoms with Crippen LogP contribution in [0.4, 0.5) is 0 Å². The molecule has 1 aromatic rings. The molecule has 0 atom stereocenters. The minimum Gasteiger partial charge on any atom is -0.480 e. The molecule has 92 valence electrons. The molecule has 0 fully saturated rings. The van der Waals surface area contributed by atoms with Crippen LogP contribution >= 0.6 is 11.8 Å². The van der Waals surface area contributed by atoms with Crippen molar-refractivity contribution in [3.8, 4) is 0 Å². The molecule has 0 bridgehead atoms. The Morgan fingerprint density at radius 3 is 2.59 bits per heavy atom. The molecule has 0 unspecified atom stereocenters. The Bertz CT molecular complexity index is 420. The summed E-state index contributed by atoms with van der Waals surface area (Å²) in [6.07, 6.45) is 0. The second kappa shape index (κ2) is 6.30. The summed E-state index contributed by atoms with van der Waals surface area (Å²) in [6, 6.07) is 7.79. The lowest BCUT2D eigenvalue weighted by atomic mass is 10.2. The highest BCUT2D eigenvalue weighted by molar-refractivity contribution is 8.00. The molecular formula is C12H15NO3S. The number of benzene rings is 1. The molecule has 1 amide bonds. The van der Waals surface area contributed by atoms with Gasteiger partial charge in [-0.15, -0.1) is 11.8 Å². The van der Waals surface area contributed by atoms with E-state index < -0.39 is 5.97 Å². The summed E-state index contributed by atoms with van der Waals surface area (Å²) in [6.45, 7) is 1.72. The number of carbonyl (C=O) groups is 2. The Hall–Kier alpha value is -1.49. The first-order valence-corrected chi connectivity index (χ1v) is 6.13. The summed E-state index contributed by atoms with van der Waals surface area (Å²) in [7, 11) is 1.49. The predicted octanol–water partition coefficient (Wildman–Crippen LogP) is 1.63. The monoisotopic (exact) mass is 253 g/mol. The first kappa shape index (κ1) is 13.6. The summed E-state index contributed by atoms with van der Waals surface area (Å²) < 4.78 is 0. The van der Waals surface area contributed by atoms with E-state index in [0.29, 0.717) is 0 Å². The Morgan fingerprint density at radius 1 is 1.35 bits per heavy atom. The standard InChI is InChI=1S/C12H15NO3S/c1-9-5-3-4-6-10(9)17-8-11(14)13(2)7-12(15)16/h3-6H,7-8H2,1-2H3,(H,15,16). The third-order valence-electron chi connectivity index (χ3n) is 2.24. The lowest BCUT2D eigenvalue weighted by Crippen LogP contribution is -2.33. The molecular weight excluding hydrogens is 238 g/mol. The fourth-order valence-corrected chi connectivity index (χ4v) is 2.23. The minimum atomic E-state index is -0.998. The van der Waals surface area contributed by atoms with Crippen LogP contribution in [-0.2, 0) is 9.59 Å². The smallest absolute Gasteiger partial charge is 0.323 e. The fraction of sp³-hybridized carbons (Fsp3) is 0.333. The number of rotatable bonds is 5. The van der Waals surface area contributed by atoms with E-state index in [2.05, 4.69) is 0 Å². The van der Waals surface area contributed by atoms with Gasteiger partial charge in [0.2, 0.25) is 5.91 Å². The van der Waals surface area contributed by atoms with Gasteiger partial charge < -0.3 is 10.0 Å². The molecule has 0 saturated heterocycles. The van der Waals surface area contributed by atoms with Crippen LogP contribution in [0.3, 0.4) is 0 Å². The number of carbonyl (C=O) groups excluding carboxylic acids is 1. The van der Waals surface area contributed by atoms with E-state index in [1.54, 1.807) is 0 Å². The Morgan fingerprint density at radius 2 is 2.00 bits per heavy atom. The highest BCUT2D eigenvalue weighted by Gasteiger charge is 2.12. The molecule has 0 heterocycles. The van der Waals surface area contributed by atoms with Crippen LogP contribution in [0.15, 0.2) is 29.2 Å². The van der Waals surface area contributed by atoms with Gasteiger partial charge in [0, 0.05) is 11.9 Å². The van der Waals surface area contributed by atoms with Crippen molar-refractivity contribution in [1.29, 1.82) is 0 Å². The number of amides is 1. The van der Waals surface area contributed by atoms with Crippen LogP contribution < -0.4 is 0 Å². The Balaban J connectivity index is 2.48. The van der Waals surface area contributed by atoms with E-state index in [1.807, 2.05) is 31.2 Å². The van der Waals surface area contributed by atoms with Crippen molar-refractivity contribution in [1.82, 2.24) is 4.90 Å². The second-order valence-corrected chi connectivity index (χ2v) is 4.71. The second-order valence-electron chi connectivity index (χ2n) is 3.70. The van der Waals surface area contributed by atoms with E-state index in [0.717, 1.165) is 10.5 Å². The van der Waals surface area contributed by atoms with Crippen molar-refractivity contribution in [2.24, 2.45) is 0 Å². The topological polar surface area (TPSA) is 57.6 Å². The van der Waals surface area contributed by atoms with Crippen molar-refractivity contribution >= 4 is 23.6 Å². The summed E-state index contributed by atoms with van der Waals surface area (Å²) >= 11 is 1.43. The van der Waals surface area contributed by atoms with Crippen molar-refractivity contribution in [2.45, 2.75) is 11.8 Å². The van der Waals surface area contributed by atoms with Crippen molar-refractivity contribution in [3.05, 3.63) is 29.8 Å². The molecule has 0 aromatic heterocycles. The molecule has 1 rings (SSSR count). The zero-order valence-corrected chi connectivity index (χ0v) is 10.7. The molecule has 17 heavy (non-hydrogen) atoms. The molecule has 5 heteroatoms. The van der Waals surface area contributed by atoms with Gasteiger partial charge in [-0.3, -0.25) is 9.59 Å². The molecule has 0 saturated carbocycles. The summed E-state index contributed by atoms with van der Waals surface area (Å²) in [5, 5.41) is 8.56. The van der Waals surface area contributed by atoms with Gasteiger partial charge in [-0.25, -0.2) is 0 Å². The third kappa shape index (κ3) is 4.48. The van der Waals surface area contributed by atoms with E-state index >= 15 is 0 Å². The Kier molecular flexibility index (Phi) is 5.03. The average molecular weight is 253 g/mol. The minimum absolute atomic E-state index is 0.180. The maximum Gasteiger partial charge on any atom is 0.323 e.